The lowest BCUT2D eigenvalue weighted by Gasteiger charge is -2.38. The lowest BCUT2D eigenvalue weighted by atomic mass is 10.1. The Balaban J connectivity index is 1.57. The highest BCUT2D eigenvalue weighted by Gasteiger charge is 2.34. The van der Waals surface area contributed by atoms with Crippen molar-refractivity contribution >= 4 is 23.6 Å². The summed E-state index contributed by atoms with van der Waals surface area (Å²) >= 11 is 6.40. The van der Waals surface area contributed by atoms with Crippen molar-refractivity contribution in [2.24, 2.45) is 0 Å². The van der Waals surface area contributed by atoms with Gasteiger partial charge in [-0.3, -0.25) is 4.79 Å². The largest absolute Gasteiger partial charge is 0.444 e. The van der Waals surface area contributed by atoms with E-state index in [0.717, 1.165) is 5.56 Å². The van der Waals surface area contributed by atoms with Crippen molar-refractivity contribution in [1.82, 2.24) is 25.2 Å². The van der Waals surface area contributed by atoms with Gasteiger partial charge in [0, 0.05) is 7.05 Å². The monoisotopic (exact) mass is 553 g/mol. The van der Waals surface area contributed by atoms with Crippen LogP contribution in [0.3, 0.4) is 0 Å². The summed E-state index contributed by atoms with van der Waals surface area (Å²) in [5.74, 6) is -0.345. The number of halogens is 1. The number of ether oxygens (including phenoxy) is 3. The summed E-state index contributed by atoms with van der Waals surface area (Å²) < 4.78 is 18.0. The van der Waals surface area contributed by atoms with E-state index in [4.69, 9.17) is 25.8 Å². The van der Waals surface area contributed by atoms with Crippen molar-refractivity contribution in [2.45, 2.75) is 45.2 Å². The van der Waals surface area contributed by atoms with Crippen molar-refractivity contribution in [3.8, 4) is 11.4 Å². The van der Waals surface area contributed by atoms with Gasteiger partial charge in [-0.2, -0.15) is 0 Å². The quantitative estimate of drug-likeness (QED) is 0.427. The van der Waals surface area contributed by atoms with E-state index in [1.165, 1.54) is 19.4 Å². The summed E-state index contributed by atoms with van der Waals surface area (Å²) in [6, 6.07) is 14.8. The maximum absolute atomic E-state index is 13.0. The Bertz CT molecular complexity index is 1300. The van der Waals surface area contributed by atoms with Crippen LogP contribution in [0.15, 0.2) is 54.9 Å². The number of morpholine rings is 1. The summed E-state index contributed by atoms with van der Waals surface area (Å²) in [5, 5.41) is 2.76. The molecule has 2 amide bonds. The summed E-state index contributed by atoms with van der Waals surface area (Å²) in [6.45, 7) is 6.74. The fraction of sp³-hybridized carbons (Fsp3) is 0.393. The zero-order valence-electron chi connectivity index (χ0n) is 22.4. The molecule has 1 aliphatic rings. The maximum atomic E-state index is 13.0. The van der Waals surface area contributed by atoms with Crippen molar-refractivity contribution in [2.75, 3.05) is 26.7 Å². The van der Waals surface area contributed by atoms with Gasteiger partial charge in [-0.15, -0.1) is 0 Å². The fourth-order valence-corrected chi connectivity index (χ4v) is 4.27. The molecule has 2 aromatic heterocycles. The second kappa shape index (κ2) is 12.5. The molecule has 0 bridgehead atoms. The van der Waals surface area contributed by atoms with Crippen LogP contribution < -0.4 is 5.32 Å². The van der Waals surface area contributed by atoms with Gasteiger partial charge in [0.15, 0.2) is 0 Å². The summed E-state index contributed by atoms with van der Waals surface area (Å²) in [7, 11) is 1.52. The Kier molecular flexibility index (Phi) is 9.11. The van der Waals surface area contributed by atoms with E-state index in [1.54, 1.807) is 17.0 Å². The molecule has 0 saturated carbocycles. The Hall–Kier alpha value is -3.60. The van der Waals surface area contributed by atoms with Gasteiger partial charge in [0.25, 0.3) is 5.91 Å². The van der Waals surface area contributed by atoms with Gasteiger partial charge < -0.3 is 24.4 Å². The first-order valence-corrected chi connectivity index (χ1v) is 13.0. The van der Waals surface area contributed by atoms with Gasteiger partial charge in [0.1, 0.15) is 28.9 Å². The minimum Gasteiger partial charge on any atom is -0.444 e. The predicted molar refractivity (Wildman–Crippen MR) is 145 cm³/mol. The van der Waals surface area contributed by atoms with E-state index in [-0.39, 0.29) is 29.9 Å². The molecular weight excluding hydrogens is 522 g/mol. The van der Waals surface area contributed by atoms with E-state index in [2.05, 4.69) is 20.3 Å². The fourth-order valence-electron chi connectivity index (χ4n) is 4.06. The molecule has 1 fully saturated rings. The van der Waals surface area contributed by atoms with Crippen molar-refractivity contribution in [3.05, 3.63) is 76.8 Å². The Labute approximate surface area is 232 Å². The van der Waals surface area contributed by atoms with Gasteiger partial charge in [-0.1, -0.05) is 41.9 Å². The third-order valence-electron chi connectivity index (χ3n) is 5.81. The minimum atomic E-state index is -0.646. The average molecular weight is 554 g/mol. The number of aromatic nitrogens is 3. The lowest BCUT2D eigenvalue weighted by molar-refractivity contribution is -0.116. The van der Waals surface area contributed by atoms with Gasteiger partial charge in [-0.25, -0.2) is 19.7 Å². The molecule has 3 aromatic rings. The Morgan fingerprint density at radius 1 is 1.10 bits per heavy atom. The molecule has 0 aliphatic carbocycles. The van der Waals surface area contributed by atoms with Crippen molar-refractivity contribution in [1.29, 1.82) is 0 Å². The topological polar surface area (TPSA) is 116 Å². The molecule has 1 aromatic carbocycles. The van der Waals surface area contributed by atoms with Crippen LogP contribution in [0.4, 0.5) is 4.79 Å². The zero-order valence-corrected chi connectivity index (χ0v) is 23.1. The minimum absolute atomic E-state index is 0.200. The zero-order chi connectivity index (χ0) is 28.0. The highest BCUT2D eigenvalue weighted by molar-refractivity contribution is 6.29. The Morgan fingerprint density at radius 3 is 2.59 bits per heavy atom. The van der Waals surface area contributed by atoms with E-state index < -0.39 is 23.9 Å². The SMILES string of the molecule is CNC(=O)c1cc(-c2cc([C@@H]3CN(C(=O)OC(C)(C)C)C[C@@H](COCc4ccccc4)O3)cc(Cl)n2)ncn1. The van der Waals surface area contributed by atoms with Crippen LogP contribution in [0.5, 0.6) is 0 Å². The number of pyridine rings is 1. The molecule has 11 heteroatoms. The van der Waals surface area contributed by atoms with E-state index in [1.807, 2.05) is 51.1 Å². The maximum Gasteiger partial charge on any atom is 0.410 e. The first-order valence-electron chi connectivity index (χ1n) is 12.6. The van der Waals surface area contributed by atoms with Gasteiger partial charge in [0.05, 0.1) is 43.8 Å². The van der Waals surface area contributed by atoms with E-state index >= 15 is 0 Å². The Morgan fingerprint density at radius 2 is 1.87 bits per heavy atom. The van der Waals surface area contributed by atoms with Gasteiger partial charge in [0.2, 0.25) is 0 Å². The van der Waals surface area contributed by atoms with Crippen molar-refractivity contribution in [3.63, 3.8) is 0 Å². The van der Waals surface area contributed by atoms with Crippen LogP contribution in [0.25, 0.3) is 11.4 Å². The van der Waals surface area contributed by atoms with Gasteiger partial charge >= 0.3 is 6.09 Å². The molecule has 0 unspecified atom stereocenters. The van der Waals surface area contributed by atoms with Gasteiger partial charge in [-0.05, 0) is 50.1 Å². The molecule has 2 atom stereocenters. The highest BCUT2D eigenvalue weighted by atomic mass is 35.5. The molecule has 0 radical (unpaired) electrons. The molecule has 4 rings (SSSR count). The second-order valence-corrected chi connectivity index (χ2v) is 10.5. The molecule has 1 aliphatic heterocycles. The van der Waals surface area contributed by atoms with E-state index in [0.29, 0.717) is 30.1 Å². The summed E-state index contributed by atoms with van der Waals surface area (Å²) in [6.07, 6.45) is -0.0792. The highest BCUT2D eigenvalue weighted by Crippen LogP contribution is 2.31. The van der Waals surface area contributed by atoms with Crippen LogP contribution in [0.1, 0.15) is 48.5 Å². The molecule has 1 saturated heterocycles. The smallest absolute Gasteiger partial charge is 0.410 e. The molecule has 10 nitrogen and oxygen atoms in total. The van der Waals surface area contributed by atoms with Crippen LogP contribution in [-0.2, 0) is 20.8 Å². The molecule has 1 N–H and O–H groups in total. The number of nitrogens with zero attached hydrogens (tertiary/aromatic N) is 4. The number of benzene rings is 1. The van der Waals surface area contributed by atoms with Crippen molar-refractivity contribution < 1.29 is 23.8 Å². The second-order valence-electron chi connectivity index (χ2n) is 10.1. The number of carbonyl (C=O) groups is 2. The molecular formula is C28H32ClN5O5. The number of hydrogen-bond acceptors (Lipinski definition) is 8. The third kappa shape index (κ3) is 7.95. The van der Waals surface area contributed by atoms with Crippen LogP contribution in [-0.4, -0.2) is 70.3 Å². The number of nitrogens with one attached hydrogen (secondary N) is 1. The standard InChI is InChI=1S/C28H32ClN5O5/c1-28(2,3)39-27(36)34-13-20(16-37-15-18-8-6-5-7-9-18)38-24(14-34)19-10-22(33-25(29)11-19)21-12-23(26(35)30-4)32-17-31-21/h5-12,17,20,24H,13-16H2,1-4H3,(H,30,35)/t20-,24-/m0/s1. The number of carbonyl (C=O) groups excluding carboxylic acids is 2. The van der Waals surface area contributed by atoms with Crippen LogP contribution in [0, 0.1) is 0 Å². The molecule has 0 spiro atoms. The summed E-state index contributed by atoms with van der Waals surface area (Å²) in [5.41, 5.74) is 2.17. The summed E-state index contributed by atoms with van der Waals surface area (Å²) in [4.78, 5) is 39.4. The van der Waals surface area contributed by atoms with E-state index in [9.17, 15) is 9.59 Å². The first-order chi connectivity index (χ1) is 18.6. The molecule has 39 heavy (non-hydrogen) atoms. The normalized spacial score (nSPS) is 17.5. The third-order valence-corrected chi connectivity index (χ3v) is 6.00. The predicted octanol–water partition coefficient (Wildman–Crippen LogP) is 4.45. The number of amides is 2. The molecule has 3 heterocycles. The van der Waals surface area contributed by atoms with Crippen LogP contribution >= 0.6 is 11.6 Å². The van der Waals surface area contributed by atoms with Crippen LogP contribution in [0.2, 0.25) is 5.15 Å². The first kappa shape index (κ1) is 28.4. The average Bonchev–Trinajstić information content (AvgIpc) is 2.92. The lowest BCUT2D eigenvalue weighted by Crippen LogP contribution is -2.49. The molecule has 206 valence electrons. The number of hydrogen-bond donors (Lipinski definition) is 1. The number of rotatable bonds is 7.